The molecule has 2 aliphatic heterocycles. The van der Waals surface area contributed by atoms with Gasteiger partial charge in [0.25, 0.3) is 0 Å². The fourth-order valence-corrected chi connectivity index (χ4v) is 8.16. The summed E-state index contributed by atoms with van der Waals surface area (Å²) < 4.78 is 2.62. The molecule has 9 rings (SSSR count). The number of nitrogens with zero attached hydrogens (tertiary/aromatic N) is 2. The van der Waals surface area contributed by atoms with Crippen LogP contribution in [0.1, 0.15) is 55.5 Å². The molecule has 0 unspecified atom stereocenters. The average molecular weight is 581 g/mol. The summed E-state index contributed by atoms with van der Waals surface area (Å²) in [6, 6.07) is 47.4. The monoisotopic (exact) mass is 580 g/mol. The number of benzene rings is 6. The SMILES string of the molecule is Cc1ccc(N(c2ccccc2)c2cc3c4c(c2)c2cc(-c5ccccc5)cc5c2n4-c2c(cccc2C3(C)C)C5(C)C)cc1. The van der Waals surface area contributed by atoms with Crippen LogP contribution in [0.15, 0.2) is 127 Å². The van der Waals surface area contributed by atoms with Gasteiger partial charge in [-0.05, 0) is 88.8 Å². The molecular formula is C43H36N2. The van der Waals surface area contributed by atoms with Gasteiger partial charge in [-0.15, -0.1) is 0 Å². The Morgan fingerprint density at radius 2 is 1.02 bits per heavy atom. The first-order chi connectivity index (χ1) is 21.7. The predicted molar refractivity (Wildman–Crippen MR) is 190 cm³/mol. The first kappa shape index (κ1) is 26.3. The van der Waals surface area contributed by atoms with E-state index in [1.807, 2.05) is 0 Å². The van der Waals surface area contributed by atoms with Gasteiger partial charge >= 0.3 is 0 Å². The highest BCUT2D eigenvalue weighted by Crippen LogP contribution is 2.57. The van der Waals surface area contributed by atoms with E-state index in [2.05, 4.69) is 171 Å². The van der Waals surface area contributed by atoms with Gasteiger partial charge in [0, 0.05) is 38.7 Å². The van der Waals surface area contributed by atoms with E-state index < -0.39 is 0 Å². The number of aryl methyl sites for hydroxylation is 1. The average Bonchev–Trinajstić information content (AvgIpc) is 3.39. The maximum Gasteiger partial charge on any atom is 0.0583 e. The summed E-state index contributed by atoms with van der Waals surface area (Å²) in [7, 11) is 0. The van der Waals surface area contributed by atoms with E-state index in [1.54, 1.807) is 0 Å². The Labute approximate surface area is 265 Å². The van der Waals surface area contributed by atoms with Crippen molar-refractivity contribution < 1.29 is 0 Å². The van der Waals surface area contributed by atoms with Gasteiger partial charge in [-0.25, -0.2) is 0 Å². The number of aromatic nitrogens is 1. The number of fused-ring (bicyclic) bond motifs is 1. The topological polar surface area (TPSA) is 8.17 Å². The highest BCUT2D eigenvalue weighted by molar-refractivity contribution is 6.16. The molecule has 6 aromatic carbocycles. The molecule has 2 aliphatic rings. The minimum atomic E-state index is -0.185. The second kappa shape index (κ2) is 8.99. The number of rotatable bonds is 4. The Bertz CT molecular complexity index is 2300. The van der Waals surface area contributed by atoms with Crippen molar-refractivity contribution >= 4 is 38.9 Å². The molecule has 0 aliphatic carbocycles. The van der Waals surface area contributed by atoms with E-state index >= 15 is 0 Å². The Balaban J connectivity index is 1.46. The summed E-state index contributed by atoms with van der Waals surface area (Å²) in [6.07, 6.45) is 0. The van der Waals surface area contributed by atoms with Crippen LogP contribution in [0.25, 0.3) is 38.6 Å². The molecule has 1 aromatic heterocycles. The van der Waals surface area contributed by atoms with Crippen LogP contribution in [0.2, 0.25) is 0 Å². The largest absolute Gasteiger partial charge is 0.310 e. The van der Waals surface area contributed by atoms with Gasteiger partial charge in [0.1, 0.15) is 0 Å². The van der Waals surface area contributed by atoms with Crippen molar-refractivity contribution in [1.29, 1.82) is 0 Å². The van der Waals surface area contributed by atoms with Crippen LogP contribution >= 0.6 is 0 Å². The van der Waals surface area contributed by atoms with E-state index in [1.165, 1.54) is 72.1 Å². The lowest BCUT2D eigenvalue weighted by Gasteiger charge is -2.42. The number of hydrogen-bond donors (Lipinski definition) is 0. The molecule has 0 fully saturated rings. The third-order valence-corrected chi connectivity index (χ3v) is 10.6. The zero-order valence-electron chi connectivity index (χ0n) is 26.5. The third kappa shape index (κ3) is 3.51. The second-order valence-corrected chi connectivity index (χ2v) is 14.0. The van der Waals surface area contributed by atoms with Gasteiger partial charge in [-0.1, -0.05) is 112 Å². The summed E-state index contributed by atoms with van der Waals surface area (Å²) >= 11 is 0. The molecule has 2 nitrogen and oxygen atoms in total. The molecule has 0 atom stereocenters. The van der Waals surface area contributed by atoms with E-state index in [4.69, 9.17) is 0 Å². The predicted octanol–water partition coefficient (Wildman–Crippen LogP) is 11.5. The lowest BCUT2D eigenvalue weighted by molar-refractivity contribution is 0.594. The molecule has 0 bridgehead atoms. The lowest BCUT2D eigenvalue weighted by Crippen LogP contribution is -2.33. The summed E-state index contributed by atoms with van der Waals surface area (Å²) in [6.45, 7) is 11.8. The fraction of sp³-hybridized carbons (Fsp3) is 0.163. The summed E-state index contributed by atoms with van der Waals surface area (Å²) in [4.78, 5) is 2.42. The van der Waals surface area contributed by atoms with Crippen molar-refractivity contribution in [3.05, 3.63) is 155 Å². The molecule has 218 valence electrons. The molecule has 0 saturated carbocycles. The van der Waals surface area contributed by atoms with E-state index in [0.717, 1.165) is 11.4 Å². The highest BCUT2D eigenvalue weighted by Gasteiger charge is 2.43. The maximum atomic E-state index is 2.62. The van der Waals surface area contributed by atoms with Gasteiger partial charge < -0.3 is 9.47 Å². The van der Waals surface area contributed by atoms with E-state index in [0.29, 0.717) is 0 Å². The number of para-hydroxylation sites is 2. The van der Waals surface area contributed by atoms with Gasteiger partial charge in [0.2, 0.25) is 0 Å². The summed E-state index contributed by atoms with van der Waals surface area (Å²) in [5.74, 6) is 0. The third-order valence-electron chi connectivity index (χ3n) is 10.6. The van der Waals surface area contributed by atoms with Crippen molar-refractivity contribution in [2.75, 3.05) is 4.90 Å². The normalized spacial score (nSPS) is 15.1. The molecule has 45 heavy (non-hydrogen) atoms. The van der Waals surface area contributed by atoms with Gasteiger partial charge in [0.05, 0.1) is 16.7 Å². The molecule has 0 radical (unpaired) electrons. The van der Waals surface area contributed by atoms with E-state index in [-0.39, 0.29) is 10.8 Å². The minimum Gasteiger partial charge on any atom is -0.310 e. The van der Waals surface area contributed by atoms with Gasteiger partial charge in [0.15, 0.2) is 0 Å². The molecule has 2 heteroatoms. The first-order valence-electron chi connectivity index (χ1n) is 16.0. The van der Waals surface area contributed by atoms with E-state index in [9.17, 15) is 0 Å². The van der Waals surface area contributed by atoms with Crippen molar-refractivity contribution in [3.63, 3.8) is 0 Å². The van der Waals surface area contributed by atoms with Crippen molar-refractivity contribution in [2.45, 2.75) is 45.4 Å². The van der Waals surface area contributed by atoms with Crippen LogP contribution in [0, 0.1) is 6.92 Å². The van der Waals surface area contributed by atoms with Gasteiger partial charge in [-0.2, -0.15) is 0 Å². The molecule has 0 saturated heterocycles. The fourth-order valence-electron chi connectivity index (χ4n) is 8.16. The maximum absolute atomic E-state index is 2.62. The minimum absolute atomic E-state index is 0.146. The Hall–Kier alpha value is -5.08. The van der Waals surface area contributed by atoms with Crippen LogP contribution in [0.3, 0.4) is 0 Å². The van der Waals surface area contributed by atoms with Crippen LogP contribution in [-0.2, 0) is 10.8 Å². The van der Waals surface area contributed by atoms with Crippen LogP contribution in [0.4, 0.5) is 17.1 Å². The standard InChI is InChI=1S/C43H36N2/c1-27-19-21-31(22-20-27)44(30-15-10-7-11-16-30)32-25-34-33-23-29(28-13-8-6-9-14-28)24-37-39(33)45-40(34)38(26-32)43(4,5)36-18-12-17-35(41(36)45)42(37,2)3/h6-26H,1-5H3. The Morgan fingerprint density at radius 3 is 1.67 bits per heavy atom. The quantitative estimate of drug-likeness (QED) is 0.201. The first-order valence-corrected chi connectivity index (χ1v) is 16.0. The second-order valence-electron chi connectivity index (χ2n) is 14.0. The molecule has 7 aromatic rings. The molecule has 0 spiro atoms. The smallest absolute Gasteiger partial charge is 0.0583 e. The summed E-state index contributed by atoms with van der Waals surface area (Å²) in [5.41, 5.74) is 16.6. The Kier molecular flexibility index (Phi) is 5.26. The summed E-state index contributed by atoms with van der Waals surface area (Å²) in [5, 5.41) is 2.64. The Morgan fingerprint density at radius 1 is 0.467 bits per heavy atom. The molecule has 3 heterocycles. The number of hydrogen-bond acceptors (Lipinski definition) is 1. The highest BCUT2D eigenvalue weighted by atomic mass is 15.1. The van der Waals surface area contributed by atoms with Crippen LogP contribution in [-0.4, -0.2) is 4.57 Å². The van der Waals surface area contributed by atoms with Crippen molar-refractivity contribution in [3.8, 4) is 16.8 Å². The zero-order chi connectivity index (χ0) is 30.7. The molecular weight excluding hydrogens is 544 g/mol. The van der Waals surface area contributed by atoms with Crippen molar-refractivity contribution in [1.82, 2.24) is 4.57 Å². The molecule has 0 amide bonds. The van der Waals surface area contributed by atoms with Gasteiger partial charge in [-0.3, -0.25) is 0 Å². The van der Waals surface area contributed by atoms with Crippen LogP contribution < -0.4 is 4.90 Å². The zero-order valence-corrected chi connectivity index (χ0v) is 26.5. The van der Waals surface area contributed by atoms with Crippen LogP contribution in [0.5, 0.6) is 0 Å². The number of anilines is 3. The van der Waals surface area contributed by atoms with Crippen molar-refractivity contribution in [2.24, 2.45) is 0 Å². The lowest BCUT2D eigenvalue weighted by atomic mass is 9.68. The molecule has 0 N–H and O–H groups in total.